The molecule has 8 heteroatoms. The summed E-state index contributed by atoms with van der Waals surface area (Å²) in [5.41, 5.74) is 9.64. The van der Waals surface area contributed by atoms with Gasteiger partial charge in [0.15, 0.2) is 11.6 Å². The number of likely N-dealkylation sites (N-methyl/N-ethyl adjacent to an activating group) is 1. The molecule has 0 aliphatic carbocycles. The van der Waals surface area contributed by atoms with E-state index in [-0.39, 0.29) is 11.6 Å². The lowest BCUT2D eigenvalue weighted by atomic mass is 10.0. The van der Waals surface area contributed by atoms with Gasteiger partial charge >= 0.3 is 0 Å². The van der Waals surface area contributed by atoms with E-state index in [0.29, 0.717) is 39.9 Å². The van der Waals surface area contributed by atoms with Crippen LogP contribution in [0.5, 0.6) is 0 Å². The van der Waals surface area contributed by atoms with Gasteiger partial charge < -0.3 is 16.0 Å². The van der Waals surface area contributed by atoms with E-state index in [2.05, 4.69) is 34.0 Å². The number of aromatic nitrogens is 3. The highest BCUT2D eigenvalue weighted by Crippen LogP contribution is 2.35. The van der Waals surface area contributed by atoms with Gasteiger partial charge in [0.05, 0.1) is 21.9 Å². The molecule has 6 nitrogen and oxygen atoms in total. The third kappa shape index (κ3) is 5.05. The lowest BCUT2D eigenvalue weighted by Gasteiger charge is -2.19. The van der Waals surface area contributed by atoms with Crippen molar-refractivity contribution in [2.75, 3.05) is 37.2 Å². The fraction of sp³-hybridized carbons (Fsp3) is 0.240. The zero-order valence-corrected chi connectivity index (χ0v) is 19.4. The number of rotatable bonds is 8. The standard InChI is InChI=1S/C25H26ClFN6/c1-3-33(4-2)13-12-30-25-24(28)31-22(16-7-9-19(27)10-8-16)23(32-25)18-14-17-6-5-11-29-21(17)20(26)15-18/h5-11,14-15H,3-4,12-13H2,1-2H3,(H2,28,31)(H,30,32). The molecule has 4 rings (SSSR count). The van der Waals surface area contributed by atoms with E-state index in [1.165, 1.54) is 12.1 Å². The zero-order chi connectivity index (χ0) is 23.4. The summed E-state index contributed by atoms with van der Waals surface area (Å²) < 4.78 is 13.6. The molecule has 0 aliphatic rings. The van der Waals surface area contributed by atoms with Crippen molar-refractivity contribution in [1.29, 1.82) is 0 Å². The molecule has 0 saturated heterocycles. The quantitative estimate of drug-likeness (QED) is 0.359. The van der Waals surface area contributed by atoms with Crippen LogP contribution in [0.1, 0.15) is 13.8 Å². The van der Waals surface area contributed by atoms with E-state index in [4.69, 9.17) is 22.3 Å². The Morgan fingerprint density at radius 1 is 1.00 bits per heavy atom. The first-order chi connectivity index (χ1) is 16.0. The molecular weight excluding hydrogens is 439 g/mol. The minimum absolute atomic E-state index is 0.283. The highest BCUT2D eigenvalue weighted by Gasteiger charge is 2.17. The summed E-state index contributed by atoms with van der Waals surface area (Å²) in [4.78, 5) is 16.2. The molecule has 0 radical (unpaired) electrons. The second-order valence-electron chi connectivity index (χ2n) is 7.65. The number of halogens is 2. The molecule has 0 amide bonds. The number of nitrogens with zero attached hydrogens (tertiary/aromatic N) is 4. The Morgan fingerprint density at radius 2 is 1.73 bits per heavy atom. The molecule has 2 aromatic heterocycles. The molecule has 0 unspecified atom stereocenters. The van der Waals surface area contributed by atoms with Gasteiger partial charge in [0.2, 0.25) is 0 Å². The lowest BCUT2D eigenvalue weighted by molar-refractivity contribution is 0.316. The van der Waals surface area contributed by atoms with Gasteiger partial charge in [0, 0.05) is 35.8 Å². The van der Waals surface area contributed by atoms with E-state index in [0.717, 1.165) is 30.6 Å². The van der Waals surface area contributed by atoms with Crippen LogP contribution in [0.15, 0.2) is 54.7 Å². The molecule has 2 aromatic carbocycles. The van der Waals surface area contributed by atoms with Crippen LogP contribution in [0, 0.1) is 5.82 Å². The van der Waals surface area contributed by atoms with Crippen molar-refractivity contribution in [2.45, 2.75) is 13.8 Å². The fourth-order valence-electron chi connectivity index (χ4n) is 3.75. The number of nitrogens with one attached hydrogen (secondary N) is 1. The Hall–Kier alpha value is -3.29. The predicted molar refractivity (Wildman–Crippen MR) is 134 cm³/mol. The number of nitrogens with two attached hydrogens (primary N) is 1. The maximum absolute atomic E-state index is 13.6. The topological polar surface area (TPSA) is 80.0 Å². The van der Waals surface area contributed by atoms with Crippen molar-refractivity contribution in [3.63, 3.8) is 0 Å². The van der Waals surface area contributed by atoms with Crippen molar-refractivity contribution in [3.8, 4) is 22.5 Å². The average molecular weight is 465 g/mol. The number of anilines is 2. The van der Waals surface area contributed by atoms with E-state index in [1.54, 1.807) is 18.3 Å². The summed E-state index contributed by atoms with van der Waals surface area (Å²) >= 11 is 6.55. The minimum Gasteiger partial charge on any atom is -0.381 e. The molecule has 0 saturated carbocycles. The number of pyridine rings is 1. The number of benzene rings is 2. The van der Waals surface area contributed by atoms with Gasteiger partial charge in [0.25, 0.3) is 0 Å². The van der Waals surface area contributed by atoms with Crippen LogP contribution in [0.25, 0.3) is 33.4 Å². The van der Waals surface area contributed by atoms with Gasteiger partial charge in [-0.3, -0.25) is 4.98 Å². The monoisotopic (exact) mass is 464 g/mol. The number of hydrogen-bond acceptors (Lipinski definition) is 6. The Bertz CT molecular complexity index is 1260. The van der Waals surface area contributed by atoms with Crippen LogP contribution in [0.2, 0.25) is 5.02 Å². The van der Waals surface area contributed by atoms with Gasteiger partial charge in [-0.15, -0.1) is 0 Å². The van der Waals surface area contributed by atoms with Crippen LogP contribution >= 0.6 is 11.6 Å². The van der Waals surface area contributed by atoms with Crippen molar-refractivity contribution in [3.05, 3.63) is 65.6 Å². The summed E-state index contributed by atoms with van der Waals surface area (Å²) in [6.45, 7) is 7.74. The Kier molecular flexibility index (Phi) is 7.01. The molecule has 0 atom stereocenters. The molecule has 3 N–H and O–H groups in total. The van der Waals surface area contributed by atoms with Gasteiger partial charge in [0.1, 0.15) is 5.82 Å². The molecule has 0 fully saturated rings. The summed E-state index contributed by atoms with van der Waals surface area (Å²) in [5, 5.41) is 4.72. The molecule has 0 aliphatic heterocycles. The number of nitrogen functional groups attached to an aromatic ring is 1. The van der Waals surface area contributed by atoms with Gasteiger partial charge in [-0.2, -0.15) is 0 Å². The predicted octanol–water partition coefficient (Wildman–Crippen LogP) is 5.49. The maximum Gasteiger partial charge on any atom is 0.169 e. The van der Waals surface area contributed by atoms with E-state index < -0.39 is 0 Å². The van der Waals surface area contributed by atoms with Crippen LogP contribution in [-0.2, 0) is 0 Å². The minimum atomic E-state index is -0.323. The molecule has 33 heavy (non-hydrogen) atoms. The van der Waals surface area contributed by atoms with Gasteiger partial charge in [-0.25, -0.2) is 14.4 Å². The molecule has 170 valence electrons. The summed E-state index contributed by atoms with van der Waals surface area (Å²) in [6, 6.07) is 13.7. The van der Waals surface area contributed by atoms with Crippen molar-refractivity contribution < 1.29 is 4.39 Å². The summed E-state index contributed by atoms with van der Waals surface area (Å²) in [5.74, 6) is 0.465. The zero-order valence-electron chi connectivity index (χ0n) is 18.6. The molecular formula is C25H26ClFN6. The van der Waals surface area contributed by atoms with Gasteiger partial charge in [-0.05, 0) is 55.6 Å². The second-order valence-corrected chi connectivity index (χ2v) is 8.06. The molecule has 0 spiro atoms. The smallest absolute Gasteiger partial charge is 0.169 e. The lowest BCUT2D eigenvalue weighted by Crippen LogP contribution is -2.29. The normalized spacial score (nSPS) is 11.3. The maximum atomic E-state index is 13.6. The molecule has 0 bridgehead atoms. The van der Waals surface area contributed by atoms with Crippen LogP contribution in [0.3, 0.4) is 0 Å². The van der Waals surface area contributed by atoms with Crippen LogP contribution < -0.4 is 11.1 Å². The second kappa shape index (κ2) is 10.1. The fourth-order valence-corrected chi connectivity index (χ4v) is 4.02. The third-order valence-corrected chi connectivity index (χ3v) is 5.88. The summed E-state index contributed by atoms with van der Waals surface area (Å²) in [7, 11) is 0. The SMILES string of the molecule is CCN(CC)CCNc1nc(-c2cc(Cl)c3ncccc3c2)c(-c2ccc(F)cc2)nc1N. The van der Waals surface area contributed by atoms with Crippen LogP contribution in [0.4, 0.5) is 16.0 Å². The van der Waals surface area contributed by atoms with Crippen LogP contribution in [-0.4, -0.2) is 46.0 Å². The van der Waals surface area contributed by atoms with Crippen molar-refractivity contribution >= 4 is 34.1 Å². The first-order valence-corrected chi connectivity index (χ1v) is 11.3. The number of fused-ring (bicyclic) bond motifs is 1. The first kappa shape index (κ1) is 22.9. The largest absolute Gasteiger partial charge is 0.381 e. The third-order valence-electron chi connectivity index (χ3n) is 5.59. The number of hydrogen-bond donors (Lipinski definition) is 2. The highest BCUT2D eigenvalue weighted by molar-refractivity contribution is 6.35. The Morgan fingerprint density at radius 3 is 2.45 bits per heavy atom. The average Bonchev–Trinajstić information content (AvgIpc) is 2.83. The van der Waals surface area contributed by atoms with E-state index in [1.807, 2.05) is 24.3 Å². The summed E-state index contributed by atoms with van der Waals surface area (Å²) in [6.07, 6.45) is 1.71. The van der Waals surface area contributed by atoms with E-state index >= 15 is 0 Å². The first-order valence-electron chi connectivity index (χ1n) is 10.9. The van der Waals surface area contributed by atoms with E-state index in [9.17, 15) is 4.39 Å². The highest BCUT2D eigenvalue weighted by atomic mass is 35.5. The Balaban J connectivity index is 1.81. The molecule has 4 aromatic rings. The van der Waals surface area contributed by atoms with Crippen molar-refractivity contribution in [2.24, 2.45) is 0 Å². The van der Waals surface area contributed by atoms with Crippen molar-refractivity contribution in [1.82, 2.24) is 19.9 Å². The van der Waals surface area contributed by atoms with Gasteiger partial charge in [-0.1, -0.05) is 31.5 Å². The molecule has 2 heterocycles. The Labute approximate surface area is 197 Å².